The Bertz CT molecular complexity index is 1200. The third-order valence-corrected chi connectivity index (χ3v) is 5.63. The zero-order valence-electron chi connectivity index (χ0n) is 15.1. The van der Waals surface area contributed by atoms with E-state index in [0.29, 0.717) is 4.31 Å². The van der Waals surface area contributed by atoms with Gasteiger partial charge in [-0.3, -0.25) is 4.79 Å². The number of halogens is 1. The molecular weight excluding hydrogens is 403 g/mol. The van der Waals surface area contributed by atoms with Crippen LogP contribution in [0.5, 0.6) is 11.8 Å². The predicted molar refractivity (Wildman–Crippen MR) is 101 cm³/mol. The van der Waals surface area contributed by atoms with E-state index in [2.05, 4.69) is 9.97 Å². The van der Waals surface area contributed by atoms with Gasteiger partial charge in [-0.05, 0) is 5.56 Å². The number of nitrogens with zero attached hydrogens (tertiary/aromatic N) is 3. The number of nitrogens with one attached hydrogen (secondary N) is 1. The van der Waals surface area contributed by atoms with Gasteiger partial charge in [0.05, 0.1) is 18.2 Å². The first-order valence-corrected chi connectivity index (χ1v) is 9.86. The van der Waals surface area contributed by atoms with Gasteiger partial charge in [-0.25, -0.2) is 18.4 Å². The number of ether oxygens (including phenoxy) is 2. The van der Waals surface area contributed by atoms with Gasteiger partial charge < -0.3 is 9.47 Å². The van der Waals surface area contributed by atoms with E-state index in [1.165, 1.54) is 19.4 Å². The van der Waals surface area contributed by atoms with Gasteiger partial charge in [0.1, 0.15) is 24.4 Å². The van der Waals surface area contributed by atoms with Crippen LogP contribution in [0.25, 0.3) is 10.9 Å². The number of hydrogen-bond acceptors (Lipinski definition) is 7. The molecule has 29 heavy (non-hydrogen) atoms. The Morgan fingerprint density at radius 2 is 2.03 bits per heavy atom. The van der Waals surface area contributed by atoms with Crippen molar-refractivity contribution in [1.29, 1.82) is 0 Å². The van der Waals surface area contributed by atoms with Crippen molar-refractivity contribution in [3.8, 4) is 11.8 Å². The van der Waals surface area contributed by atoms with Crippen molar-refractivity contribution in [2.45, 2.75) is 6.61 Å². The molecule has 150 valence electrons. The molecule has 0 aliphatic carbocycles. The number of hydrogen-bond donors (Lipinski definition) is 1. The fourth-order valence-corrected chi connectivity index (χ4v) is 4.04. The topological polar surface area (TPSA) is 111 Å². The van der Waals surface area contributed by atoms with E-state index < -0.39 is 28.5 Å². The second kappa shape index (κ2) is 7.17. The molecule has 9 nitrogen and oxygen atoms in total. The Morgan fingerprint density at radius 1 is 1.28 bits per heavy atom. The molecule has 1 aromatic heterocycles. The Morgan fingerprint density at radius 3 is 2.69 bits per heavy atom. The molecule has 1 aliphatic heterocycles. The highest BCUT2D eigenvalue weighted by Gasteiger charge is 2.37. The van der Waals surface area contributed by atoms with Crippen LogP contribution < -0.4 is 18.5 Å². The van der Waals surface area contributed by atoms with E-state index in [1.807, 2.05) is 35.1 Å². The first-order chi connectivity index (χ1) is 13.9. The molecule has 0 bridgehead atoms. The maximum Gasteiger partial charge on any atom is 0.326 e. The summed E-state index contributed by atoms with van der Waals surface area (Å²) in [6.07, 6.45) is 1.33. The Balaban J connectivity index is 1.85. The molecule has 1 aliphatic rings. The number of aromatic nitrogens is 2. The van der Waals surface area contributed by atoms with Gasteiger partial charge in [-0.15, -0.1) is 0 Å². The van der Waals surface area contributed by atoms with E-state index >= 15 is 4.39 Å². The summed E-state index contributed by atoms with van der Waals surface area (Å²) in [5.74, 6) is -1.54. The molecule has 0 unspecified atom stereocenters. The molecule has 1 fully saturated rings. The van der Waals surface area contributed by atoms with Gasteiger partial charge in [0.2, 0.25) is 0 Å². The van der Waals surface area contributed by atoms with Gasteiger partial charge in [-0.1, -0.05) is 30.3 Å². The Hall–Kier alpha value is -3.47. The van der Waals surface area contributed by atoms with Crippen LogP contribution in [-0.2, 0) is 21.6 Å². The van der Waals surface area contributed by atoms with Crippen molar-refractivity contribution in [2.24, 2.45) is 0 Å². The summed E-state index contributed by atoms with van der Waals surface area (Å²) in [7, 11) is -2.89. The summed E-state index contributed by atoms with van der Waals surface area (Å²) < 4.78 is 52.8. The second-order valence-corrected chi connectivity index (χ2v) is 7.73. The minimum absolute atomic E-state index is 0.0963. The normalized spacial score (nSPS) is 15.4. The molecule has 0 atom stereocenters. The molecule has 1 N–H and O–H groups in total. The lowest BCUT2D eigenvalue weighted by atomic mass is 10.2. The highest BCUT2D eigenvalue weighted by molar-refractivity contribution is 7.92. The van der Waals surface area contributed by atoms with Gasteiger partial charge in [0, 0.05) is 12.3 Å². The van der Waals surface area contributed by atoms with Crippen molar-refractivity contribution in [2.75, 3.05) is 18.0 Å². The largest absolute Gasteiger partial charge is 0.488 e. The number of carbonyl (C=O) groups excluding carboxylic acids is 1. The number of amides is 1. The number of benzene rings is 2. The number of rotatable bonds is 5. The lowest BCUT2D eigenvalue weighted by molar-refractivity contribution is -0.117. The second-order valence-electron chi connectivity index (χ2n) is 6.14. The molecule has 3 aromatic rings. The Labute approximate surface area is 165 Å². The molecule has 1 saturated heterocycles. The van der Waals surface area contributed by atoms with Crippen LogP contribution in [0, 0.1) is 5.82 Å². The summed E-state index contributed by atoms with van der Waals surface area (Å²) >= 11 is 0. The molecular formula is C18H15FN4O5S. The average Bonchev–Trinajstić information content (AvgIpc) is 2.99. The summed E-state index contributed by atoms with van der Waals surface area (Å²) in [6, 6.07) is 10.4. The van der Waals surface area contributed by atoms with Crippen molar-refractivity contribution in [1.82, 2.24) is 14.7 Å². The van der Waals surface area contributed by atoms with Crippen LogP contribution in [0.15, 0.2) is 42.6 Å². The van der Waals surface area contributed by atoms with E-state index in [-0.39, 0.29) is 35.0 Å². The quantitative estimate of drug-likeness (QED) is 0.669. The number of anilines is 1. The molecule has 0 radical (unpaired) electrons. The third kappa shape index (κ3) is 3.51. The van der Waals surface area contributed by atoms with E-state index in [9.17, 15) is 13.2 Å². The Kier molecular flexibility index (Phi) is 4.66. The first-order valence-electron chi connectivity index (χ1n) is 8.42. The molecule has 0 spiro atoms. The van der Waals surface area contributed by atoms with Gasteiger partial charge >= 0.3 is 16.2 Å². The molecule has 2 heterocycles. The summed E-state index contributed by atoms with van der Waals surface area (Å²) in [5.41, 5.74) is 0.304. The first kappa shape index (κ1) is 18.9. The minimum Gasteiger partial charge on any atom is -0.488 e. The summed E-state index contributed by atoms with van der Waals surface area (Å²) in [5, 5.41) is 0.235. The smallest absolute Gasteiger partial charge is 0.326 e. The van der Waals surface area contributed by atoms with Crippen molar-refractivity contribution < 1.29 is 27.1 Å². The minimum atomic E-state index is -4.22. The number of methoxy groups -OCH3 is 1. The number of fused-ring (bicyclic) bond motifs is 1. The fraction of sp³-hybridized carbons (Fsp3) is 0.167. The van der Waals surface area contributed by atoms with Crippen LogP contribution >= 0.6 is 0 Å². The van der Waals surface area contributed by atoms with E-state index in [1.54, 1.807) is 0 Å². The SMILES string of the molecule is COc1ncc2c(OCc3ccccc3)cc(N3CC(=O)NS3(=O)=O)c(F)c2n1. The summed E-state index contributed by atoms with van der Waals surface area (Å²) in [6.45, 7) is -0.401. The van der Waals surface area contributed by atoms with Gasteiger partial charge in [0.25, 0.3) is 5.91 Å². The van der Waals surface area contributed by atoms with Crippen LogP contribution in [0.2, 0.25) is 0 Å². The zero-order valence-corrected chi connectivity index (χ0v) is 15.9. The van der Waals surface area contributed by atoms with Crippen LogP contribution in [0.3, 0.4) is 0 Å². The predicted octanol–water partition coefficient (Wildman–Crippen LogP) is 1.54. The lowest BCUT2D eigenvalue weighted by Crippen LogP contribution is -2.30. The third-order valence-electron chi connectivity index (χ3n) is 4.24. The molecule has 4 rings (SSSR count). The van der Waals surface area contributed by atoms with E-state index in [4.69, 9.17) is 9.47 Å². The van der Waals surface area contributed by atoms with Crippen molar-refractivity contribution in [3.05, 3.63) is 54.0 Å². The maximum absolute atomic E-state index is 15.2. The van der Waals surface area contributed by atoms with Crippen LogP contribution in [0.4, 0.5) is 10.1 Å². The fourth-order valence-electron chi connectivity index (χ4n) is 2.90. The highest BCUT2D eigenvalue weighted by atomic mass is 32.2. The monoisotopic (exact) mass is 418 g/mol. The van der Waals surface area contributed by atoms with Crippen molar-refractivity contribution >= 4 is 32.7 Å². The van der Waals surface area contributed by atoms with Crippen LogP contribution in [0.1, 0.15) is 5.56 Å². The lowest BCUT2D eigenvalue weighted by Gasteiger charge is -2.18. The zero-order chi connectivity index (χ0) is 20.6. The van der Waals surface area contributed by atoms with Crippen LogP contribution in [-0.4, -0.2) is 37.9 Å². The average molecular weight is 418 g/mol. The van der Waals surface area contributed by atoms with Gasteiger partial charge in [0.15, 0.2) is 5.82 Å². The molecule has 2 aromatic carbocycles. The maximum atomic E-state index is 15.2. The van der Waals surface area contributed by atoms with E-state index in [0.717, 1.165) is 5.56 Å². The number of carbonyl (C=O) groups is 1. The highest BCUT2D eigenvalue weighted by Crippen LogP contribution is 2.36. The summed E-state index contributed by atoms with van der Waals surface area (Å²) in [4.78, 5) is 19.5. The molecule has 0 saturated carbocycles. The van der Waals surface area contributed by atoms with Crippen molar-refractivity contribution in [3.63, 3.8) is 0 Å². The molecule has 1 amide bonds. The molecule has 11 heteroatoms. The van der Waals surface area contributed by atoms with Gasteiger partial charge in [-0.2, -0.15) is 13.4 Å². The standard InChI is InChI=1S/C18H15FN4O5S/c1-27-18-20-8-12-14(28-10-11-5-3-2-4-6-11)7-13(16(19)17(12)21-18)23-9-15(24)22-29(23,25)26/h2-8H,9-10H2,1H3,(H,22,24).